The van der Waals surface area contributed by atoms with Crippen LogP contribution in [0.1, 0.15) is 48.4 Å². The molecule has 4 rings (SSSR count). The van der Waals surface area contributed by atoms with Crippen LogP contribution in [0, 0.1) is 0 Å². The van der Waals surface area contributed by atoms with Crippen LogP contribution >= 0.6 is 0 Å². The minimum absolute atomic E-state index is 0.0218. The predicted octanol–water partition coefficient (Wildman–Crippen LogP) is 3.14. The molecule has 2 aliphatic carbocycles. The van der Waals surface area contributed by atoms with E-state index in [1.54, 1.807) is 0 Å². The molecule has 0 aromatic heterocycles. The molecule has 0 saturated heterocycles. The third kappa shape index (κ3) is 3.53. The van der Waals surface area contributed by atoms with E-state index in [2.05, 4.69) is 22.8 Å². The Morgan fingerprint density at radius 3 is 1.83 bits per heavy atom. The number of allylic oxidation sites excluding steroid dienone is 2. The third-order valence-electron chi connectivity index (χ3n) is 5.40. The molecule has 0 fully saturated rings. The molecule has 148 valence electrons. The lowest BCUT2D eigenvalue weighted by Crippen LogP contribution is -2.25. The van der Waals surface area contributed by atoms with Gasteiger partial charge in [-0.25, -0.2) is 0 Å². The zero-order valence-electron chi connectivity index (χ0n) is 16.2. The van der Waals surface area contributed by atoms with E-state index < -0.39 is 5.97 Å². The van der Waals surface area contributed by atoms with Gasteiger partial charge in [-0.05, 0) is 34.7 Å². The molecule has 0 heterocycles. The van der Waals surface area contributed by atoms with Crippen molar-refractivity contribution in [1.29, 1.82) is 0 Å². The smallest absolute Gasteiger partial charge is 0.303 e. The Morgan fingerprint density at radius 2 is 1.34 bits per heavy atom. The average molecular weight is 390 g/mol. The zero-order valence-corrected chi connectivity index (χ0v) is 16.2. The van der Waals surface area contributed by atoms with Crippen LogP contribution in [-0.2, 0) is 27.2 Å². The van der Waals surface area contributed by atoms with Gasteiger partial charge in [-0.1, -0.05) is 43.3 Å². The van der Waals surface area contributed by atoms with Gasteiger partial charge in [0, 0.05) is 35.4 Å². The number of hydrogen-bond donors (Lipinski definition) is 3. The minimum atomic E-state index is -0.991. The maximum atomic E-state index is 12.2. The highest BCUT2D eigenvalue weighted by Gasteiger charge is 2.23. The molecular formula is C23H22N2O4. The first-order valence-electron chi connectivity index (χ1n) is 9.78. The van der Waals surface area contributed by atoms with Crippen molar-refractivity contribution >= 4 is 40.0 Å². The fourth-order valence-corrected chi connectivity index (χ4v) is 3.98. The molecule has 2 amide bonds. The van der Waals surface area contributed by atoms with Crippen molar-refractivity contribution < 1.29 is 19.5 Å². The van der Waals surface area contributed by atoms with Gasteiger partial charge in [0.25, 0.3) is 0 Å². The quantitative estimate of drug-likeness (QED) is 0.706. The highest BCUT2D eigenvalue weighted by atomic mass is 16.4. The van der Waals surface area contributed by atoms with Gasteiger partial charge < -0.3 is 15.7 Å². The molecular weight excluding hydrogens is 368 g/mol. The van der Waals surface area contributed by atoms with Gasteiger partial charge in [0.15, 0.2) is 0 Å². The van der Waals surface area contributed by atoms with Crippen LogP contribution in [0.25, 0.3) is 22.2 Å². The second-order valence-corrected chi connectivity index (χ2v) is 7.28. The molecule has 3 N–H and O–H groups in total. The van der Waals surface area contributed by atoms with Gasteiger partial charge in [0.2, 0.25) is 11.8 Å². The monoisotopic (exact) mass is 390 g/mol. The predicted molar refractivity (Wildman–Crippen MR) is 111 cm³/mol. The summed E-state index contributed by atoms with van der Waals surface area (Å²) >= 11 is 0. The number of aliphatic carboxylic acids is 1. The van der Waals surface area contributed by atoms with E-state index in [0.29, 0.717) is 18.5 Å². The summed E-state index contributed by atoms with van der Waals surface area (Å²) in [5.74, 6) is -1.32. The number of carbonyl (C=O) groups excluding carboxylic acids is 2. The standard InChI is InChI=1S/C23H22N2O4/c1-2-19(26)24-17-9-5-13-3-4-14-6-10-18(25-20(27)11-12-21(28)29)16-8-7-15(17)22(13)23(14)16/h3-4,7-10H,2,5-6,11-12H2,1H3,(H,24,26)(H,25,27)(H,28,29). The number of rotatable bonds is 6. The molecule has 0 unspecified atom stereocenters. The third-order valence-corrected chi connectivity index (χ3v) is 5.40. The van der Waals surface area contributed by atoms with Crippen LogP contribution in [0.5, 0.6) is 0 Å². The first kappa shape index (κ1) is 18.9. The Kier molecular flexibility index (Phi) is 4.92. The number of carbonyl (C=O) groups is 3. The number of carboxylic acid groups (broad SMARTS) is 1. The van der Waals surface area contributed by atoms with Crippen molar-refractivity contribution in [2.45, 2.75) is 39.0 Å². The van der Waals surface area contributed by atoms with Crippen LogP contribution in [0.15, 0.2) is 36.4 Å². The summed E-state index contributed by atoms with van der Waals surface area (Å²) in [4.78, 5) is 34.9. The highest BCUT2D eigenvalue weighted by molar-refractivity contribution is 6.08. The number of benzene rings is 2. The zero-order chi connectivity index (χ0) is 20.5. The molecule has 0 spiro atoms. The molecule has 0 bridgehead atoms. The van der Waals surface area contributed by atoms with E-state index in [9.17, 15) is 14.4 Å². The van der Waals surface area contributed by atoms with Gasteiger partial charge >= 0.3 is 5.97 Å². The number of amides is 2. The van der Waals surface area contributed by atoms with Crippen molar-refractivity contribution in [3.63, 3.8) is 0 Å². The minimum Gasteiger partial charge on any atom is -0.481 e. The van der Waals surface area contributed by atoms with Gasteiger partial charge in [-0.2, -0.15) is 0 Å². The number of hydrogen-bond acceptors (Lipinski definition) is 3. The SMILES string of the molecule is CCC(=O)NC1=CCc2ccc3c4c(ccc1c24)C(NC(=O)CCC(=O)O)=CC3. The molecule has 29 heavy (non-hydrogen) atoms. The summed E-state index contributed by atoms with van der Waals surface area (Å²) in [5, 5.41) is 16.9. The topological polar surface area (TPSA) is 95.5 Å². The highest BCUT2D eigenvalue weighted by Crippen LogP contribution is 2.40. The molecule has 6 heteroatoms. The lowest BCUT2D eigenvalue weighted by atomic mass is 9.83. The van der Waals surface area contributed by atoms with Crippen LogP contribution in [0.3, 0.4) is 0 Å². The first-order valence-corrected chi connectivity index (χ1v) is 9.78. The summed E-state index contributed by atoms with van der Waals surface area (Å²) in [6.07, 6.45) is 5.59. The summed E-state index contributed by atoms with van der Waals surface area (Å²) < 4.78 is 0. The Bertz CT molecular complexity index is 1110. The largest absolute Gasteiger partial charge is 0.481 e. The Hall–Kier alpha value is -3.41. The fraction of sp³-hybridized carbons (Fsp3) is 0.261. The van der Waals surface area contributed by atoms with Crippen molar-refractivity contribution in [3.8, 4) is 0 Å². The van der Waals surface area contributed by atoms with E-state index in [0.717, 1.165) is 34.0 Å². The second kappa shape index (κ2) is 7.54. The second-order valence-electron chi connectivity index (χ2n) is 7.28. The normalized spacial score (nSPS) is 14.1. The van der Waals surface area contributed by atoms with Crippen molar-refractivity contribution in [3.05, 3.63) is 58.7 Å². The Morgan fingerprint density at radius 1 is 0.828 bits per heavy atom. The van der Waals surface area contributed by atoms with Crippen LogP contribution in [-0.4, -0.2) is 22.9 Å². The Balaban J connectivity index is 1.73. The van der Waals surface area contributed by atoms with E-state index >= 15 is 0 Å². The summed E-state index contributed by atoms with van der Waals surface area (Å²) in [5.41, 5.74) is 5.83. The maximum absolute atomic E-state index is 12.2. The number of carboxylic acids is 1. The van der Waals surface area contributed by atoms with Gasteiger partial charge in [0.05, 0.1) is 6.42 Å². The molecule has 0 aliphatic heterocycles. The fourth-order valence-electron chi connectivity index (χ4n) is 3.98. The number of nitrogens with one attached hydrogen (secondary N) is 2. The average Bonchev–Trinajstić information content (AvgIpc) is 2.72. The summed E-state index contributed by atoms with van der Waals surface area (Å²) in [6.45, 7) is 1.83. The molecule has 6 nitrogen and oxygen atoms in total. The molecule has 2 aliphatic rings. The summed E-state index contributed by atoms with van der Waals surface area (Å²) in [6, 6.07) is 8.19. The lowest BCUT2D eigenvalue weighted by molar-refractivity contribution is -0.138. The molecule has 0 atom stereocenters. The first-order chi connectivity index (χ1) is 14.0. The van der Waals surface area contributed by atoms with E-state index in [-0.39, 0.29) is 24.7 Å². The van der Waals surface area contributed by atoms with Crippen LogP contribution in [0.4, 0.5) is 0 Å². The van der Waals surface area contributed by atoms with Gasteiger partial charge in [-0.15, -0.1) is 0 Å². The molecule has 0 radical (unpaired) electrons. The molecule has 2 aromatic carbocycles. The van der Waals surface area contributed by atoms with E-state index in [1.165, 1.54) is 11.1 Å². The maximum Gasteiger partial charge on any atom is 0.303 e. The van der Waals surface area contributed by atoms with Gasteiger partial charge in [0.1, 0.15) is 0 Å². The van der Waals surface area contributed by atoms with Crippen molar-refractivity contribution in [1.82, 2.24) is 10.6 Å². The Labute approximate surface area is 168 Å². The van der Waals surface area contributed by atoms with Crippen LogP contribution in [0.2, 0.25) is 0 Å². The van der Waals surface area contributed by atoms with E-state index in [1.807, 2.05) is 31.2 Å². The molecule has 0 saturated carbocycles. The van der Waals surface area contributed by atoms with E-state index in [4.69, 9.17) is 5.11 Å². The van der Waals surface area contributed by atoms with Crippen molar-refractivity contribution in [2.24, 2.45) is 0 Å². The summed E-state index contributed by atoms with van der Waals surface area (Å²) in [7, 11) is 0. The lowest BCUT2D eigenvalue weighted by Gasteiger charge is -2.26. The molecule has 2 aromatic rings. The van der Waals surface area contributed by atoms with Crippen LogP contribution < -0.4 is 10.6 Å². The van der Waals surface area contributed by atoms with Gasteiger partial charge in [-0.3, -0.25) is 14.4 Å². The van der Waals surface area contributed by atoms with Crippen molar-refractivity contribution in [2.75, 3.05) is 0 Å².